The highest BCUT2D eigenvalue weighted by molar-refractivity contribution is 7.18. The minimum atomic E-state index is -0.731. The van der Waals surface area contributed by atoms with Crippen LogP contribution in [0.25, 0.3) is 10.2 Å². The molecule has 0 aliphatic carbocycles. The van der Waals surface area contributed by atoms with Crippen molar-refractivity contribution in [1.29, 1.82) is 0 Å². The zero-order chi connectivity index (χ0) is 17.4. The number of phenolic OH excluding ortho intramolecular Hbond substituents is 1. The number of H-pyrrole nitrogens is 1. The second-order valence-corrected chi connectivity index (χ2v) is 6.85. The van der Waals surface area contributed by atoms with Gasteiger partial charge in [0.15, 0.2) is 0 Å². The molecule has 6 nitrogen and oxygen atoms in total. The number of ether oxygens (including phenoxy) is 1. The van der Waals surface area contributed by atoms with Gasteiger partial charge >= 0.3 is 5.97 Å². The molecule has 0 amide bonds. The molecular formula is C16H13ClN2O4S. The molecule has 0 fully saturated rings. The topological polar surface area (TPSA) is 92.3 Å². The van der Waals surface area contributed by atoms with Crippen LogP contribution in [0.2, 0.25) is 5.02 Å². The fourth-order valence-electron chi connectivity index (χ4n) is 2.26. The van der Waals surface area contributed by atoms with E-state index in [4.69, 9.17) is 16.3 Å². The van der Waals surface area contributed by atoms with E-state index in [1.807, 2.05) is 13.8 Å². The first-order valence-corrected chi connectivity index (χ1v) is 8.21. The van der Waals surface area contributed by atoms with E-state index in [1.54, 1.807) is 0 Å². The van der Waals surface area contributed by atoms with Crippen LogP contribution in [0.5, 0.6) is 5.75 Å². The van der Waals surface area contributed by atoms with Crippen molar-refractivity contribution in [1.82, 2.24) is 9.97 Å². The lowest BCUT2D eigenvalue weighted by Gasteiger charge is -2.06. The van der Waals surface area contributed by atoms with Crippen molar-refractivity contribution in [2.24, 2.45) is 0 Å². The van der Waals surface area contributed by atoms with Crippen molar-refractivity contribution < 1.29 is 14.6 Å². The minimum absolute atomic E-state index is 0.00867. The lowest BCUT2D eigenvalue weighted by Crippen LogP contribution is -2.14. The number of nitrogens with zero attached hydrogens (tertiary/aromatic N) is 1. The first kappa shape index (κ1) is 16.5. The third-order valence-corrected chi connectivity index (χ3v) is 4.94. The molecule has 3 aromatic rings. The van der Waals surface area contributed by atoms with Crippen LogP contribution in [-0.4, -0.2) is 21.0 Å². The molecule has 0 unspecified atom stereocenters. The number of halogens is 1. The predicted octanol–water partition coefficient (Wildman–Crippen LogP) is 3.32. The molecule has 1 aromatic carbocycles. The van der Waals surface area contributed by atoms with E-state index in [0.717, 1.165) is 10.4 Å². The van der Waals surface area contributed by atoms with Crippen LogP contribution in [0.1, 0.15) is 26.6 Å². The van der Waals surface area contributed by atoms with Gasteiger partial charge in [0.1, 0.15) is 28.6 Å². The zero-order valence-corrected chi connectivity index (χ0v) is 14.4. The molecule has 2 aromatic heterocycles. The molecule has 3 rings (SSSR count). The Kier molecular flexibility index (Phi) is 4.29. The number of carbonyl (C=O) groups is 1. The highest BCUT2D eigenvalue weighted by atomic mass is 35.5. The highest BCUT2D eigenvalue weighted by Crippen LogP contribution is 2.26. The minimum Gasteiger partial charge on any atom is -0.507 e. The van der Waals surface area contributed by atoms with Crippen molar-refractivity contribution >= 4 is 39.1 Å². The SMILES string of the molecule is Cc1sc2nc(COC(=O)c3ccc(Cl)cc3O)[nH]c(=O)c2c1C. The molecule has 0 aliphatic heterocycles. The Bertz CT molecular complexity index is 1010. The maximum atomic E-state index is 12.2. The number of aryl methyl sites for hydroxylation is 2. The molecule has 0 spiro atoms. The third-order valence-electron chi connectivity index (χ3n) is 3.61. The van der Waals surface area contributed by atoms with Crippen LogP contribution in [0, 0.1) is 13.8 Å². The van der Waals surface area contributed by atoms with Crippen molar-refractivity contribution in [3.8, 4) is 5.75 Å². The number of carbonyl (C=O) groups excluding carboxylic acids is 1. The number of hydrogen-bond acceptors (Lipinski definition) is 6. The number of thiophene rings is 1. The smallest absolute Gasteiger partial charge is 0.342 e. The van der Waals surface area contributed by atoms with E-state index in [1.165, 1.54) is 29.5 Å². The summed E-state index contributed by atoms with van der Waals surface area (Å²) in [5, 5.41) is 10.6. The number of hydrogen-bond donors (Lipinski definition) is 2. The van der Waals surface area contributed by atoms with E-state index in [2.05, 4.69) is 9.97 Å². The molecule has 2 heterocycles. The molecule has 0 aliphatic rings. The van der Waals surface area contributed by atoms with Crippen LogP contribution in [-0.2, 0) is 11.3 Å². The van der Waals surface area contributed by atoms with Crippen molar-refractivity contribution in [2.75, 3.05) is 0 Å². The summed E-state index contributed by atoms with van der Waals surface area (Å²) < 4.78 is 5.11. The maximum absolute atomic E-state index is 12.2. The highest BCUT2D eigenvalue weighted by Gasteiger charge is 2.15. The molecule has 8 heteroatoms. The summed E-state index contributed by atoms with van der Waals surface area (Å²) in [6.07, 6.45) is 0. The number of aromatic amines is 1. The van der Waals surface area contributed by atoms with Crippen LogP contribution in [0.3, 0.4) is 0 Å². The largest absolute Gasteiger partial charge is 0.507 e. The molecule has 2 N–H and O–H groups in total. The number of phenols is 1. The fourth-order valence-corrected chi connectivity index (χ4v) is 3.47. The van der Waals surface area contributed by atoms with Gasteiger partial charge in [-0.15, -0.1) is 11.3 Å². The van der Waals surface area contributed by atoms with E-state index in [9.17, 15) is 14.7 Å². The number of aromatic hydroxyl groups is 1. The van der Waals surface area contributed by atoms with E-state index in [0.29, 0.717) is 15.2 Å². The molecule has 24 heavy (non-hydrogen) atoms. The Morgan fingerprint density at radius 1 is 1.42 bits per heavy atom. The maximum Gasteiger partial charge on any atom is 0.342 e. The first-order chi connectivity index (χ1) is 11.4. The number of aromatic nitrogens is 2. The van der Waals surface area contributed by atoms with Gasteiger partial charge in [-0.25, -0.2) is 9.78 Å². The Balaban J connectivity index is 1.83. The van der Waals surface area contributed by atoms with E-state index in [-0.39, 0.29) is 29.3 Å². The number of esters is 1. The predicted molar refractivity (Wildman–Crippen MR) is 92.0 cm³/mol. The monoisotopic (exact) mass is 364 g/mol. The van der Waals surface area contributed by atoms with Gasteiger partial charge in [0, 0.05) is 9.90 Å². The second-order valence-electron chi connectivity index (χ2n) is 5.21. The quantitative estimate of drug-likeness (QED) is 0.695. The summed E-state index contributed by atoms with van der Waals surface area (Å²) in [5.41, 5.74) is 0.631. The average Bonchev–Trinajstić information content (AvgIpc) is 2.80. The summed E-state index contributed by atoms with van der Waals surface area (Å²) >= 11 is 7.14. The Hall–Kier alpha value is -2.38. The standard InChI is InChI=1S/C16H13ClN2O4S/c1-7-8(2)24-15-13(7)14(21)18-12(19-15)6-23-16(22)10-4-3-9(17)5-11(10)20/h3-5,20H,6H2,1-2H3,(H,18,19,21). The average molecular weight is 365 g/mol. The third kappa shape index (κ3) is 3.00. The van der Waals surface area contributed by atoms with Crippen molar-refractivity contribution in [3.63, 3.8) is 0 Å². The Morgan fingerprint density at radius 2 is 2.17 bits per heavy atom. The van der Waals surface area contributed by atoms with Gasteiger partial charge in [-0.2, -0.15) is 0 Å². The summed E-state index contributed by atoms with van der Waals surface area (Å²) in [7, 11) is 0. The molecule has 124 valence electrons. The van der Waals surface area contributed by atoms with Gasteiger partial charge in [-0.3, -0.25) is 4.79 Å². The van der Waals surface area contributed by atoms with Gasteiger partial charge in [-0.05, 0) is 37.6 Å². The van der Waals surface area contributed by atoms with Gasteiger partial charge in [0.05, 0.1) is 5.39 Å². The summed E-state index contributed by atoms with van der Waals surface area (Å²) in [4.78, 5) is 32.7. The lowest BCUT2D eigenvalue weighted by molar-refractivity contribution is 0.0459. The fraction of sp³-hybridized carbons (Fsp3) is 0.188. The Morgan fingerprint density at radius 3 is 2.88 bits per heavy atom. The van der Waals surface area contributed by atoms with Crippen LogP contribution in [0.15, 0.2) is 23.0 Å². The zero-order valence-electron chi connectivity index (χ0n) is 12.8. The first-order valence-electron chi connectivity index (χ1n) is 7.01. The summed E-state index contributed by atoms with van der Waals surface area (Å²) in [6, 6.07) is 4.09. The molecule has 0 saturated carbocycles. The van der Waals surface area contributed by atoms with Crippen LogP contribution >= 0.6 is 22.9 Å². The number of benzene rings is 1. The van der Waals surface area contributed by atoms with Gasteiger partial charge in [-0.1, -0.05) is 11.6 Å². The summed E-state index contributed by atoms with van der Waals surface area (Å²) in [5.74, 6) is -0.755. The molecule has 0 atom stereocenters. The van der Waals surface area contributed by atoms with Gasteiger partial charge in [0.25, 0.3) is 5.56 Å². The number of fused-ring (bicyclic) bond motifs is 1. The van der Waals surface area contributed by atoms with E-state index < -0.39 is 5.97 Å². The molecular weight excluding hydrogens is 352 g/mol. The van der Waals surface area contributed by atoms with Crippen molar-refractivity contribution in [3.05, 3.63) is 55.4 Å². The normalized spacial score (nSPS) is 11.0. The second kappa shape index (κ2) is 6.26. The molecule has 0 bridgehead atoms. The summed E-state index contributed by atoms with van der Waals surface area (Å²) in [6.45, 7) is 3.58. The Labute approximate surface area is 145 Å². The lowest BCUT2D eigenvalue weighted by atomic mass is 10.2. The van der Waals surface area contributed by atoms with Crippen molar-refractivity contribution in [2.45, 2.75) is 20.5 Å². The molecule has 0 saturated heterocycles. The number of nitrogens with one attached hydrogen (secondary N) is 1. The van der Waals surface area contributed by atoms with Gasteiger partial charge < -0.3 is 14.8 Å². The van der Waals surface area contributed by atoms with Crippen LogP contribution < -0.4 is 5.56 Å². The van der Waals surface area contributed by atoms with E-state index >= 15 is 0 Å². The van der Waals surface area contributed by atoms with Gasteiger partial charge in [0.2, 0.25) is 0 Å². The molecule has 0 radical (unpaired) electrons. The number of rotatable bonds is 3. The van der Waals surface area contributed by atoms with Crippen LogP contribution in [0.4, 0.5) is 0 Å².